The van der Waals surface area contributed by atoms with Gasteiger partial charge >= 0.3 is 0 Å². The molecule has 0 spiro atoms. The van der Waals surface area contributed by atoms with Crippen LogP contribution in [0.4, 0.5) is 4.39 Å². The molecule has 3 aromatic rings. The number of hydrogen-bond acceptors (Lipinski definition) is 0. The Balaban J connectivity index is 2.21. The molecule has 3 rings (SSSR count). The van der Waals surface area contributed by atoms with Gasteiger partial charge in [-0.3, -0.25) is 0 Å². The van der Waals surface area contributed by atoms with Gasteiger partial charge in [0.15, 0.2) is 0 Å². The zero-order chi connectivity index (χ0) is 11.8. The van der Waals surface area contributed by atoms with Gasteiger partial charge in [-0.05, 0) is 36.2 Å². The lowest BCUT2D eigenvalue weighted by atomic mass is 10.1. The van der Waals surface area contributed by atoms with Crippen molar-refractivity contribution in [3.05, 3.63) is 59.9 Å². The molecule has 0 saturated carbocycles. The Kier molecular flexibility index (Phi) is 2.22. The second-order valence-electron chi connectivity index (χ2n) is 4.24. The summed E-state index contributed by atoms with van der Waals surface area (Å²) in [6.45, 7) is 1.78. The first kappa shape index (κ1) is 10.1. The van der Waals surface area contributed by atoms with Crippen molar-refractivity contribution >= 4 is 10.9 Å². The Hall–Kier alpha value is -2.09. The van der Waals surface area contributed by atoms with E-state index >= 15 is 0 Å². The highest BCUT2D eigenvalue weighted by Crippen LogP contribution is 2.25. The number of rotatable bonds is 1. The quantitative estimate of drug-likeness (QED) is 0.636. The second-order valence-corrected chi connectivity index (χ2v) is 4.24. The Morgan fingerprint density at radius 2 is 1.76 bits per heavy atom. The molecule has 2 heteroatoms. The largest absolute Gasteiger partial charge is 0.355 e. The summed E-state index contributed by atoms with van der Waals surface area (Å²) >= 11 is 0. The zero-order valence-electron chi connectivity index (χ0n) is 9.50. The summed E-state index contributed by atoms with van der Waals surface area (Å²) in [7, 11) is 0. The van der Waals surface area contributed by atoms with E-state index in [1.165, 1.54) is 0 Å². The summed E-state index contributed by atoms with van der Waals surface area (Å²) in [5.74, 6) is -0.156. The van der Waals surface area contributed by atoms with Crippen LogP contribution in [0.3, 0.4) is 0 Å². The van der Waals surface area contributed by atoms with E-state index in [1.54, 1.807) is 13.0 Å². The maximum atomic E-state index is 13.4. The van der Waals surface area contributed by atoms with Gasteiger partial charge in [0.25, 0.3) is 0 Å². The van der Waals surface area contributed by atoms with Crippen LogP contribution in [-0.2, 0) is 0 Å². The van der Waals surface area contributed by atoms with Crippen LogP contribution in [-0.4, -0.2) is 4.98 Å². The standard InChI is InChI=1S/C15H12FN/c1-10-7-14-12(8-13(10)16)9-15(17-14)11-5-3-2-4-6-11/h2-9,17H,1H3. The van der Waals surface area contributed by atoms with E-state index in [1.807, 2.05) is 42.5 Å². The highest BCUT2D eigenvalue weighted by molar-refractivity contribution is 5.86. The predicted molar refractivity (Wildman–Crippen MR) is 68.4 cm³/mol. The van der Waals surface area contributed by atoms with Crippen LogP contribution in [0.1, 0.15) is 5.56 Å². The highest BCUT2D eigenvalue weighted by atomic mass is 19.1. The van der Waals surface area contributed by atoms with E-state index in [4.69, 9.17) is 0 Å². The fourth-order valence-corrected chi connectivity index (χ4v) is 2.03. The third-order valence-electron chi connectivity index (χ3n) is 2.98. The third-order valence-corrected chi connectivity index (χ3v) is 2.98. The SMILES string of the molecule is Cc1cc2[nH]c(-c3ccccc3)cc2cc1F. The van der Waals surface area contributed by atoms with Crippen LogP contribution in [0, 0.1) is 12.7 Å². The normalized spacial score (nSPS) is 10.9. The molecule has 1 heterocycles. The van der Waals surface area contributed by atoms with Crippen molar-refractivity contribution in [2.45, 2.75) is 6.92 Å². The van der Waals surface area contributed by atoms with Crippen molar-refractivity contribution in [1.29, 1.82) is 0 Å². The number of benzene rings is 2. The van der Waals surface area contributed by atoms with E-state index in [0.29, 0.717) is 5.56 Å². The summed E-state index contributed by atoms with van der Waals surface area (Å²) in [5.41, 5.74) is 3.77. The minimum Gasteiger partial charge on any atom is -0.355 e. The van der Waals surface area contributed by atoms with Crippen molar-refractivity contribution in [3.63, 3.8) is 0 Å². The molecule has 0 aliphatic carbocycles. The van der Waals surface area contributed by atoms with Crippen molar-refractivity contribution in [3.8, 4) is 11.3 Å². The molecule has 1 aromatic heterocycles. The molecule has 0 atom stereocenters. The lowest BCUT2D eigenvalue weighted by molar-refractivity contribution is 0.620. The molecule has 0 fully saturated rings. The third kappa shape index (κ3) is 1.72. The van der Waals surface area contributed by atoms with Gasteiger partial charge in [0, 0.05) is 16.6 Å². The summed E-state index contributed by atoms with van der Waals surface area (Å²) in [4.78, 5) is 3.31. The number of aromatic amines is 1. The Morgan fingerprint density at radius 1 is 1.00 bits per heavy atom. The summed E-state index contributed by atoms with van der Waals surface area (Å²) in [6.07, 6.45) is 0. The Bertz CT molecular complexity index is 629. The van der Waals surface area contributed by atoms with Crippen molar-refractivity contribution in [2.24, 2.45) is 0 Å². The minimum absolute atomic E-state index is 0.156. The average molecular weight is 225 g/mol. The van der Waals surface area contributed by atoms with E-state index in [2.05, 4.69) is 4.98 Å². The number of halogens is 1. The number of aromatic nitrogens is 1. The maximum Gasteiger partial charge on any atom is 0.126 e. The van der Waals surface area contributed by atoms with Gasteiger partial charge in [0.2, 0.25) is 0 Å². The lowest BCUT2D eigenvalue weighted by Crippen LogP contribution is -1.80. The summed E-state index contributed by atoms with van der Waals surface area (Å²) in [6, 6.07) is 15.4. The predicted octanol–water partition coefficient (Wildman–Crippen LogP) is 4.28. The highest BCUT2D eigenvalue weighted by Gasteiger charge is 2.05. The molecule has 0 aliphatic heterocycles. The van der Waals surface area contributed by atoms with Crippen LogP contribution in [0.25, 0.3) is 22.2 Å². The molecule has 0 bridgehead atoms. The number of aryl methyl sites for hydroxylation is 1. The zero-order valence-corrected chi connectivity index (χ0v) is 9.50. The summed E-state index contributed by atoms with van der Waals surface area (Å²) < 4.78 is 13.4. The fraction of sp³-hybridized carbons (Fsp3) is 0.0667. The molecule has 0 aliphatic rings. The molecule has 84 valence electrons. The van der Waals surface area contributed by atoms with Crippen molar-refractivity contribution < 1.29 is 4.39 Å². The average Bonchev–Trinajstić information content (AvgIpc) is 2.74. The van der Waals surface area contributed by atoms with Crippen LogP contribution < -0.4 is 0 Å². The van der Waals surface area contributed by atoms with Crippen LogP contribution in [0.15, 0.2) is 48.5 Å². The van der Waals surface area contributed by atoms with Crippen molar-refractivity contribution in [2.75, 3.05) is 0 Å². The molecule has 1 nitrogen and oxygen atoms in total. The van der Waals surface area contributed by atoms with Gasteiger partial charge in [-0.25, -0.2) is 4.39 Å². The van der Waals surface area contributed by atoms with E-state index in [-0.39, 0.29) is 5.82 Å². The molecule has 1 N–H and O–H groups in total. The van der Waals surface area contributed by atoms with E-state index < -0.39 is 0 Å². The van der Waals surface area contributed by atoms with Crippen LogP contribution in [0.5, 0.6) is 0 Å². The van der Waals surface area contributed by atoms with Gasteiger partial charge in [-0.2, -0.15) is 0 Å². The monoisotopic (exact) mass is 225 g/mol. The molecular formula is C15H12FN. The topological polar surface area (TPSA) is 15.8 Å². The molecule has 17 heavy (non-hydrogen) atoms. The first-order valence-electron chi connectivity index (χ1n) is 5.58. The molecule has 0 radical (unpaired) electrons. The number of H-pyrrole nitrogens is 1. The van der Waals surface area contributed by atoms with E-state index in [0.717, 1.165) is 22.2 Å². The number of fused-ring (bicyclic) bond motifs is 1. The molecule has 2 aromatic carbocycles. The first-order chi connectivity index (χ1) is 8.24. The van der Waals surface area contributed by atoms with Gasteiger partial charge in [0.1, 0.15) is 5.82 Å². The number of hydrogen-bond donors (Lipinski definition) is 1. The molecule has 0 amide bonds. The molecular weight excluding hydrogens is 213 g/mol. The van der Waals surface area contributed by atoms with Crippen LogP contribution in [0.2, 0.25) is 0 Å². The van der Waals surface area contributed by atoms with Gasteiger partial charge in [-0.15, -0.1) is 0 Å². The van der Waals surface area contributed by atoms with Gasteiger partial charge in [0.05, 0.1) is 0 Å². The first-order valence-corrected chi connectivity index (χ1v) is 5.58. The smallest absolute Gasteiger partial charge is 0.126 e. The maximum absolute atomic E-state index is 13.4. The fourth-order valence-electron chi connectivity index (χ4n) is 2.03. The van der Waals surface area contributed by atoms with Crippen molar-refractivity contribution in [1.82, 2.24) is 4.98 Å². The van der Waals surface area contributed by atoms with E-state index in [9.17, 15) is 4.39 Å². The van der Waals surface area contributed by atoms with Gasteiger partial charge in [-0.1, -0.05) is 30.3 Å². The lowest BCUT2D eigenvalue weighted by Gasteiger charge is -1.96. The Labute approximate surface area is 98.9 Å². The number of nitrogens with one attached hydrogen (secondary N) is 1. The molecule has 0 saturated heterocycles. The second kappa shape index (κ2) is 3.74. The van der Waals surface area contributed by atoms with Crippen LogP contribution >= 0.6 is 0 Å². The minimum atomic E-state index is -0.156. The van der Waals surface area contributed by atoms with Gasteiger partial charge < -0.3 is 4.98 Å². The summed E-state index contributed by atoms with van der Waals surface area (Å²) in [5, 5.41) is 0.909. The Morgan fingerprint density at radius 3 is 2.53 bits per heavy atom. The molecule has 0 unspecified atom stereocenters.